The third kappa shape index (κ3) is 7.03. The van der Waals surface area contributed by atoms with Crippen molar-refractivity contribution in [2.45, 2.75) is 6.61 Å². The molecule has 3 aromatic carbocycles. The average Bonchev–Trinajstić information content (AvgIpc) is 2.89. The number of rotatable bonds is 10. The highest BCUT2D eigenvalue weighted by atomic mass is 16.5. The fourth-order valence-corrected chi connectivity index (χ4v) is 3.01. The number of nitrogens with one attached hydrogen (secondary N) is 2. The fourth-order valence-electron chi connectivity index (χ4n) is 3.01. The maximum absolute atomic E-state index is 12.6. The highest BCUT2D eigenvalue weighted by Crippen LogP contribution is 2.13. The van der Waals surface area contributed by atoms with Gasteiger partial charge >= 0.3 is 5.97 Å². The van der Waals surface area contributed by atoms with Gasteiger partial charge in [0.25, 0.3) is 5.91 Å². The Bertz CT molecular complexity index is 1160. The van der Waals surface area contributed by atoms with Crippen LogP contribution in [0.5, 0.6) is 5.75 Å². The fraction of sp³-hybridized carbons (Fsp3) is 0.154. The lowest BCUT2D eigenvalue weighted by Crippen LogP contribution is -2.39. The molecule has 0 aliphatic heterocycles. The molecule has 3 rings (SSSR count). The van der Waals surface area contributed by atoms with E-state index in [2.05, 4.69) is 10.6 Å². The maximum atomic E-state index is 12.6. The van der Waals surface area contributed by atoms with Gasteiger partial charge in [0.1, 0.15) is 18.9 Å². The zero-order valence-corrected chi connectivity index (χ0v) is 18.6. The minimum atomic E-state index is -0.644. The van der Waals surface area contributed by atoms with Crippen molar-refractivity contribution in [2.75, 3.05) is 20.2 Å². The van der Waals surface area contributed by atoms with Crippen LogP contribution in [0, 0.1) is 0 Å². The average molecular weight is 460 g/mol. The summed E-state index contributed by atoms with van der Waals surface area (Å²) >= 11 is 0. The zero-order valence-electron chi connectivity index (χ0n) is 18.6. The lowest BCUT2D eigenvalue weighted by Gasteiger charge is -2.09. The Balaban J connectivity index is 1.40. The first-order valence-corrected chi connectivity index (χ1v) is 10.5. The Morgan fingerprint density at radius 3 is 2.15 bits per heavy atom. The van der Waals surface area contributed by atoms with Gasteiger partial charge in [0.05, 0.1) is 13.7 Å². The molecule has 8 nitrogen and oxygen atoms in total. The highest BCUT2D eigenvalue weighted by molar-refractivity contribution is 6.09. The van der Waals surface area contributed by atoms with E-state index in [0.717, 1.165) is 0 Å². The van der Waals surface area contributed by atoms with Gasteiger partial charge in [-0.3, -0.25) is 19.2 Å². The van der Waals surface area contributed by atoms with Crippen molar-refractivity contribution < 1.29 is 28.7 Å². The van der Waals surface area contributed by atoms with Crippen LogP contribution in [0.1, 0.15) is 31.8 Å². The number of esters is 1. The molecule has 0 aliphatic rings. The molecule has 0 atom stereocenters. The van der Waals surface area contributed by atoms with Gasteiger partial charge in [0.2, 0.25) is 5.91 Å². The molecule has 0 bridgehead atoms. The highest BCUT2D eigenvalue weighted by Gasteiger charge is 2.12. The minimum Gasteiger partial charge on any atom is -0.497 e. The van der Waals surface area contributed by atoms with Crippen LogP contribution in [-0.4, -0.2) is 43.8 Å². The molecule has 8 heteroatoms. The normalized spacial score (nSPS) is 10.1. The van der Waals surface area contributed by atoms with Gasteiger partial charge in [-0.2, -0.15) is 0 Å². The standard InChI is InChI=1S/C26H24N2O6/c1-33-22-12-10-20(11-13-22)26(32)28-15-23(29)27-16-24(30)34-17-18-6-5-9-21(14-18)25(31)19-7-3-2-4-8-19/h2-14H,15-17H2,1H3,(H,27,29)(H,28,32). The molecular formula is C26H24N2O6. The molecule has 3 aromatic rings. The monoisotopic (exact) mass is 460 g/mol. The quantitative estimate of drug-likeness (QED) is 0.355. The minimum absolute atomic E-state index is 0.0428. The molecule has 0 fully saturated rings. The maximum Gasteiger partial charge on any atom is 0.325 e. The predicted molar refractivity (Wildman–Crippen MR) is 124 cm³/mol. The van der Waals surface area contributed by atoms with Gasteiger partial charge < -0.3 is 20.1 Å². The smallest absolute Gasteiger partial charge is 0.325 e. The van der Waals surface area contributed by atoms with E-state index in [1.165, 1.54) is 7.11 Å². The predicted octanol–water partition coefficient (Wildman–Crippen LogP) is 2.52. The molecule has 0 saturated carbocycles. The van der Waals surface area contributed by atoms with Crippen molar-refractivity contribution in [2.24, 2.45) is 0 Å². The molecule has 2 amide bonds. The SMILES string of the molecule is COc1ccc(C(=O)NCC(=O)NCC(=O)OCc2cccc(C(=O)c3ccccc3)c2)cc1. The van der Waals surface area contributed by atoms with Crippen molar-refractivity contribution in [1.29, 1.82) is 0 Å². The van der Waals surface area contributed by atoms with E-state index >= 15 is 0 Å². The second kappa shape index (κ2) is 12.0. The third-order valence-electron chi connectivity index (χ3n) is 4.82. The Morgan fingerprint density at radius 1 is 0.735 bits per heavy atom. The van der Waals surface area contributed by atoms with Crippen molar-refractivity contribution in [3.05, 3.63) is 101 Å². The number of benzene rings is 3. The van der Waals surface area contributed by atoms with Crippen LogP contribution < -0.4 is 15.4 Å². The van der Waals surface area contributed by atoms with Crippen LogP contribution >= 0.6 is 0 Å². The number of methoxy groups -OCH3 is 1. The zero-order chi connectivity index (χ0) is 24.3. The molecule has 0 saturated heterocycles. The van der Waals surface area contributed by atoms with E-state index < -0.39 is 17.8 Å². The molecule has 0 spiro atoms. The van der Waals surface area contributed by atoms with E-state index in [9.17, 15) is 19.2 Å². The summed E-state index contributed by atoms with van der Waals surface area (Å²) in [5.74, 6) is -1.12. The molecule has 0 heterocycles. The lowest BCUT2D eigenvalue weighted by molar-refractivity contribution is -0.145. The second-order valence-electron chi connectivity index (χ2n) is 7.24. The number of hydrogen-bond donors (Lipinski definition) is 2. The first-order chi connectivity index (χ1) is 16.5. The molecule has 174 valence electrons. The summed E-state index contributed by atoms with van der Waals surface area (Å²) in [6, 6.07) is 22.1. The van der Waals surface area contributed by atoms with Crippen molar-refractivity contribution in [3.8, 4) is 5.75 Å². The summed E-state index contributed by atoms with van der Waals surface area (Å²) < 4.78 is 10.2. The van der Waals surface area contributed by atoms with Crippen molar-refractivity contribution >= 4 is 23.6 Å². The number of hydrogen-bond acceptors (Lipinski definition) is 6. The lowest BCUT2D eigenvalue weighted by atomic mass is 10.0. The molecule has 0 aromatic heterocycles. The number of carbonyl (C=O) groups is 4. The number of ether oxygens (including phenoxy) is 2. The number of ketones is 1. The summed E-state index contributed by atoms with van der Waals surface area (Å²) in [7, 11) is 1.52. The molecule has 0 radical (unpaired) electrons. The van der Waals surface area contributed by atoms with Gasteiger partial charge in [0, 0.05) is 16.7 Å². The Kier molecular flexibility index (Phi) is 8.51. The first kappa shape index (κ1) is 24.2. The molecule has 0 aliphatic carbocycles. The Morgan fingerprint density at radius 2 is 1.44 bits per heavy atom. The number of carbonyl (C=O) groups excluding carboxylic acids is 4. The van der Waals surface area contributed by atoms with Gasteiger partial charge in [-0.15, -0.1) is 0 Å². The van der Waals surface area contributed by atoms with E-state index in [-0.39, 0.29) is 25.5 Å². The molecule has 34 heavy (non-hydrogen) atoms. The van der Waals surface area contributed by atoms with Gasteiger partial charge in [0.15, 0.2) is 5.78 Å². The summed E-state index contributed by atoms with van der Waals surface area (Å²) in [5.41, 5.74) is 2.08. The van der Waals surface area contributed by atoms with Crippen LogP contribution in [-0.2, 0) is 20.9 Å². The summed E-state index contributed by atoms with van der Waals surface area (Å²) in [4.78, 5) is 48.5. The van der Waals surface area contributed by atoms with Gasteiger partial charge in [-0.05, 0) is 35.9 Å². The Hall–Kier alpha value is -4.46. The topological polar surface area (TPSA) is 111 Å². The van der Waals surface area contributed by atoms with Crippen LogP contribution in [0.15, 0.2) is 78.9 Å². The molecule has 0 unspecified atom stereocenters. The number of amides is 2. The second-order valence-corrected chi connectivity index (χ2v) is 7.24. The van der Waals surface area contributed by atoms with Crippen LogP contribution in [0.3, 0.4) is 0 Å². The van der Waals surface area contributed by atoms with E-state index in [1.807, 2.05) is 6.07 Å². The Labute approximate surface area is 196 Å². The van der Waals surface area contributed by atoms with Crippen LogP contribution in [0.4, 0.5) is 0 Å². The van der Waals surface area contributed by atoms with Gasteiger partial charge in [-0.1, -0.05) is 48.5 Å². The largest absolute Gasteiger partial charge is 0.497 e. The third-order valence-corrected chi connectivity index (χ3v) is 4.82. The van der Waals surface area contributed by atoms with Crippen molar-refractivity contribution in [1.82, 2.24) is 10.6 Å². The van der Waals surface area contributed by atoms with E-state index in [1.54, 1.807) is 72.8 Å². The van der Waals surface area contributed by atoms with Crippen molar-refractivity contribution in [3.63, 3.8) is 0 Å². The van der Waals surface area contributed by atoms with Crippen LogP contribution in [0.25, 0.3) is 0 Å². The summed E-state index contributed by atoms with van der Waals surface area (Å²) in [6.07, 6.45) is 0. The van der Waals surface area contributed by atoms with Crippen LogP contribution in [0.2, 0.25) is 0 Å². The first-order valence-electron chi connectivity index (χ1n) is 10.5. The molecule has 2 N–H and O–H groups in total. The van der Waals surface area contributed by atoms with Gasteiger partial charge in [-0.25, -0.2) is 0 Å². The van der Waals surface area contributed by atoms with E-state index in [0.29, 0.717) is 28.0 Å². The summed E-state index contributed by atoms with van der Waals surface area (Å²) in [6.45, 7) is -0.680. The molecular weight excluding hydrogens is 436 g/mol. The summed E-state index contributed by atoms with van der Waals surface area (Å²) in [5, 5.41) is 4.86. The van der Waals surface area contributed by atoms with E-state index in [4.69, 9.17) is 9.47 Å².